The molecule has 2 aromatic heterocycles. The first-order valence-electron chi connectivity index (χ1n) is 4.95. The number of rotatable bonds is 0. The van der Waals surface area contributed by atoms with Crippen molar-refractivity contribution in [3.8, 4) is 0 Å². The number of benzene rings is 1. The van der Waals surface area contributed by atoms with E-state index in [1.807, 2.05) is 13.0 Å². The van der Waals surface area contributed by atoms with E-state index < -0.39 is 0 Å². The van der Waals surface area contributed by atoms with Crippen molar-refractivity contribution in [3.05, 3.63) is 40.1 Å². The molecular weight excluding hydrogens is 206 g/mol. The molecule has 3 rings (SSSR count). The van der Waals surface area contributed by atoms with E-state index in [0.29, 0.717) is 17.1 Å². The van der Waals surface area contributed by atoms with E-state index in [0.717, 1.165) is 16.5 Å². The summed E-state index contributed by atoms with van der Waals surface area (Å²) >= 11 is 0. The molecule has 0 saturated carbocycles. The van der Waals surface area contributed by atoms with Gasteiger partial charge >= 0.3 is 5.63 Å². The van der Waals surface area contributed by atoms with Crippen LogP contribution >= 0.6 is 0 Å². The van der Waals surface area contributed by atoms with Gasteiger partial charge in [-0.15, -0.1) is 0 Å². The molecular formula is C12H9NO3. The standard InChI is InChI=1S/C12H9NO3/c1-6-3-12(14)16-10-5-11-9(4-8(6)10)13-7(2)15-11/h3-5H,1-2H3. The lowest BCUT2D eigenvalue weighted by Gasteiger charge is -1.98. The average Bonchev–Trinajstić information content (AvgIpc) is 2.54. The Morgan fingerprint density at radius 3 is 2.69 bits per heavy atom. The molecule has 0 spiro atoms. The summed E-state index contributed by atoms with van der Waals surface area (Å²) < 4.78 is 10.5. The average molecular weight is 215 g/mol. The molecule has 0 aliphatic carbocycles. The highest BCUT2D eigenvalue weighted by Crippen LogP contribution is 2.24. The zero-order chi connectivity index (χ0) is 11.3. The van der Waals surface area contributed by atoms with Crippen molar-refractivity contribution in [1.82, 2.24) is 4.98 Å². The summed E-state index contributed by atoms with van der Waals surface area (Å²) in [6, 6.07) is 5.06. The molecule has 0 aliphatic heterocycles. The minimum absolute atomic E-state index is 0.347. The summed E-state index contributed by atoms with van der Waals surface area (Å²) in [4.78, 5) is 15.5. The maximum atomic E-state index is 11.2. The van der Waals surface area contributed by atoms with E-state index in [2.05, 4.69) is 4.98 Å². The SMILES string of the molecule is Cc1nc2cc3c(C)cc(=O)oc3cc2o1. The van der Waals surface area contributed by atoms with Crippen LogP contribution in [0.2, 0.25) is 0 Å². The van der Waals surface area contributed by atoms with Gasteiger partial charge in [-0.2, -0.15) is 0 Å². The lowest BCUT2D eigenvalue weighted by molar-refractivity contribution is 0.550. The Kier molecular flexibility index (Phi) is 1.68. The third-order valence-corrected chi connectivity index (χ3v) is 2.57. The minimum atomic E-state index is -0.347. The van der Waals surface area contributed by atoms with E-state index in [4.69, 9.17) is 8.83 Å². The molecule has 0 aliphatic rings. The molecule has 16 heavy (non-hydrogen) atoms. The highest BCUT2D eigenvalue weighted by atomic mass is 16.4. The van der Waals surface area contributed by atoms with Crippen LogP contribution in [0.5, 0.6) is 0 Å². The first-order valence-corrected chi connectivity index (χ1v) is 4.95. The number of hydrogen-bond donors (Lipinski definition) is 0. The van der Waals surface area contributed by atoms with Crippen LogP contribution in [0.4, 0.5) is 0 Å². The molecule has 0 unspecified atom stereocenters. The van der Waals surface area contributed by atoms with Crippen LogP contribution in [0.1, 0.15) is 11.5 Å². The lowest BCUT2D eigenvalue weighted by Crippen LogP contribution is -1.97. The summed E-state index contributed by atoms with van der Waals surface area (Å²) in [5, 5.41) is 0.889. The zero-order valence-corrected chi connectivity index (χ0v) is 8.90. The maximum Gasteiger partial charge on any atom is 0.336 e. The Morgan fingerprint density at radius 1 is 1.06 bits per heavy atom. The van der Waals surface area contributed by atoms with E-state index in [9.17, 15) is 4.79 Å². The van der Waals surface area contributed by atoms with Gasteiger partial charge in [-0.1, -0.05) is 0 Å². The fourth-order valence-corrected chi connectivity index (χ4v) is 1.86. The molecule has 0 radical (unpaired) electrons. The Balaban J connectivity index is 2.55. The number of nitrogens with zero attached hydrogens (tertiary/aromatic N) is 1. The summed E-state index contributed by atoms with van der Waals surface area (Å²) in [6.45, 7) is 3.66. The highest BCUT2D eigenvalue weighted by molar-refractivity contribution is 5.92. The van der Waals surface area contributed by atoms with Crippen LogP contribution in [0.3, 0.4) is 0 Å². The number of hydrogen-bond acceptors (Lipinski definition) is 4. The molecule has 3 aromatic rings. The molecule has 0 N–H and O–H groups in total. The second kappa shape index (κ2) is 2.95. The monoisotopic (exact) mass is 215 g/mol. The number of aryl methyl sites for hydroxylation is 2. The molecule has 1 aromatic carbocycles. The number of oxazole rings is 1. The molecule has 0 saturated heterocycles. The summed E-state index contributed by atoms with van der Waals surface area (Å²) in [7, 11) is 0. The molecule has 0 amide bonds. The first-order chi connectivity index (χ1) is 7.63. The third-order valence-electron chi connectivity index (χ3n) is 2.57. The van der Waals surface area contributed by atoms with Crippen molar-refractivity contribution in [1.29, 1.82) is 0 Å². The second-order valence-electron chi connectivity index (χ2n) is 3.80. The molecule has 4 nitrogen and oxygen atoms in total. The van der Waals surface area contributed by atoms with Crippen molar-refractivity contribution < 1.29 is 8.83 Å². The summed E-state index contributed by atoms with van der Waals surface area (Å²) in [6.07, 6.45) is 0. The highest BCUT2D eigenvalue weighted by Gasteiger charge is 2.08. The van der Waals surface area contributed by atoms with Crippen molar-refractivity contribution >= 4 is 22.1 Å². The maximum absolute atomic E-state index is 11.2. The third kappa shape index (κ3) is 1.23. The van der Waals surface area contributed by atoms with E-state index in [1.54, 1.807) is 13.0 Å². The van der Waals surface area contributed by atoms with Gasteiger partial charge in [0, 0.05) is 24.4 Å². The molecule has 0 fully saturated rings. The van der Waals surface area contributed by atoms with Gasteiger partial charge in [-0.05, 0) is 18.6 Å². The lowest BCUT2D eigenvalue weighted by atomic mass is 10.1. The number of fused-ring (bicyclic) bond motifs is 2. The van der Waals surface area contributed by atoms with Gasteiger partial charge < -0.3 is 8.83 Å². The normalized spacial score (nSPS) is 11.4. The molecule has 80 valence electrons. The van der Waals surface area contributed by atoms with Crippen LogP contribution in [-0.4, -0.2) is 4.98 Å². The Hall–Kier alpha value is -2.10. The van der Waals surface area contributed by atoms with Crippen LogP contribution in [0.25, 0.3) is 22.1 Å². The first kappa shape index (κ1) is 9.15. The van der Waals surface area contributed by atoms with Gasteiger partial charge in [0.1, 0.15) is 11.1 Å². The van der Waals surface area contributed by atoms with Crippen LogP contribution in [0.15, 0.2) is 31.8 Å². The predicted octanol–water partition coefficient (Wildman–Crippen LogP) is 2.55. The minimum Gasteiger partial charge on any atom is -0.441 e. The molecule has 0 atom stereocenters. The van der Waals surface area contributed by atoms with E-state index in [-0.39, 0.29) is 5.63 Å². The molecule has 2 heterocycles. The Morgan fingerprint density at radius 2 is 1.88 bits per heavy atom. The number of aromatic nitrogens is 1. The van der Waals surface area contributed by atoms with E-state index >= 15 is 0 Å². The quantitative estimate of drug-likeness (QED) is 0.541. The zero-order valence-electron chi connectivity index (χ0n) is 8.90. The predicted molar refractivity (Wildman–Crippen MR) is 59.5 cm³/mol. The topological polar surface area (TPSA) is 56.2 Å². The summed E-state index contributed by atoms with van der Waals surface area (Å²) in [5.41, 5.74) is 2.49. The van der Waals surface area contributed by atoms with Gasteiger partial charge in [0.05, 0.1) is 0 Å². The summed E-state index contributed by atoms with van der Waals surface area (Å²) in [5.74, 6) is 0.602. The fourth-order valence-electron chi connectivity index (χ4n) is 1.86. The van der Waals surface area contributed by atoms with Gasteiger partial charge in [0.2, 0.25) is 0 Å². The van der Waals surface area contributed by atoms with Crippen molar-refractivity contribution in [3.63, 3.8) is 0 Å². The Bertz CT molecular complexity index is 752. The van der Waals surface area contributed by atoms with Crippen molar-refractivity contribution in [2.75, 3.05) is 0 Å². The van der Waals surface area contributed by atoms with Gasteiger partial charge in [0.25, 0.3) is 0 Å². The van der Waals surface area contributed by atoms with Crippen molar-refractivity contribution in [2.24, 2.45) is 0 Å². The largest absolute Gasteiger partial charge is 0.441 e. The van der Waals surface area contributed by atoms with Gasteiger partial charge in [-0.3, -0.25) is 0 Å². The smallest absolute Gasteiger partial charge is 0.336 e. The fraction of sp³-hybridized carbons (Fsp3) is 0.167. The van der Waals surface area contributed by atoms with Crippen LogP contribution in [-0.2, 0) is 0 Å². The Labute approximate surface area is 90.5 Å². The van der Waals surface area contributed by atoms with Crippen LogP contribution < -0.4 is 5.63 Å². The van der Waals surface area contributed by atoms with Crippen molar-refractivity contribution in [2.45, 2.75) is 13.8 Å². The second-order valence-corrected chi connectivity index (χ2v) is 3.80. The van der Waals surface area contributed by atoms with Gasteiger partial charge in [-0.25, -0.2) is 9.78 Å². The molecule has 4 heteroatoms. The molecule has 0 bridgehead atoms. The van der Waals surface area contributed by atoms with Gasteiger partial charge in [0.15, 0.2) is 11.5 Å². The van der Waals surface area contributed by atoms with Crippen LogP contribution in [0, 0.1) is 13.8 Å². The van der Waals surface area contributed by atoms with E-state index in [1.165, 1.54) is 6.07 Å².